The smallest absolute Gasteiger partial charge is 0.139 e. The van der Waals surface area contributed by atoms with E-state index < -0.39 is 0 Å². The molecule has 0 bridgehead atoms. The van der Waals surface area contributed by atoms with Crippen LogP contribution in [0.15, 0.2) is 42.5 Å². The number of benzene rings is 2. The van der Waals surface area contributed by atoms with Gasteiger partial charge in [-0.3, -0.25) is 4.79 Å². The Labute approximate surface area is 198 Å². The zero-order chi connectivity index (χ0) is 23.0. The number of aromatic hydroxyl groups is 1. The number of carbonyl (C=O) groups excluding carboxylic acids is 1. The summed E-state index contributed by atoms with van der Waals surface area (Å²) < 4.78 is 5.81. The van der Waals surface area contributed by atoms with Gasteiger partial charge in [-0.15, -0.1) is 0 Å². The molecular formula is C30H38O3. The van der Waals surface area contributed by atoms with Crippen molar-refractivity contribution in [2.24, 2.45) is 23.2 Å². The molecule has 1 N–H and O–H groups in total. The van der Waals surface area contributed by atoms with Crippen LogP contribution in [0.2, 0.25) is 0 Å². The first-order valence-electron chi connectivity index (χ1n) is 13.1. The van der Waals surface area contributed by atoms with Crippen molar-refractivity contribution < 1.29 is 14.6 Å². The van der Waals surface area contributed by atoms with Crippen LogP contribution in [0.5, 0.6) is 11.5 Å². The molecule has 0 aromatic heterocycles. The van der Waals surface area contributed by atoms with E-state index in [1.165, 1.54) is 16.7 Å². The van der Waals surface area contributed by atoms with Crippen LogP contribution in [0.25, 0.3) is 0 Å². The van der Waals surface area contributed by atoms with E-state index in [0.29, 0.717) is 35.2 Å². The topological polar surface area (TPSA) is 46.5 Å². The molecule has 2 aromatic rings. The van der Waals surface area contributed by atoms with Crippen molar-refractivity contribution in [2.45, 2.75) is 77.6 Å². The number of ether oxygens (including phenoxy) is 1. The minimum atomic E-state index is -0.142. The first kappa shape index (κ1) is 22.5. The third-order valence-corrected chi connectivity index (χ3v) is 9.05. The first-order valence-corrected chi connectivity index (χ1v) is 13.1. The van der Waals surface area contributed by atoms with Gasteiger partial charge in [0.1, 0.15) is 17.3 Å². The van der Waals surface area contributed by atoms with Gasteiger partial charge in [0.25, 0.3) is 0 Å². The lowest BCUT2D eigenvalue weighted by Crippen LogP contribution is -2.44. The minimum absolute atomic E-state index is 0.142. The fourth-order valence-electron chi connectivity index (χ4n) is 7.33. The van der Waals surface area contributed by atoms with E-state index in [2.05, 4.69) is 44.2 Å². The monoisotopic (exact) mass is 446 g/mol. The molecule has 3 nitrogen and oxygen atoms in total. The standard InChI is InChI=1S/C30H38O3/c1-3-4-17-33-24-11-6-20(7-12-24)5-8-22-19-28(32)30(2)16-15-26-25-14-10-23(31)18-21(25)9-13-27(26)29(22)30/h6-7,10-12,14,18,22,26-27,29,31H,3-5,8-9,13,15-17,19H2,1-2H3/t22-,26-,27-,29+,30-/m1/s1. The highest BCUT2D eigenvalue weighted by atomic mass is 16.5. The molecule has 5 rings (SSSR count). The molecule has 0 aliphatic heterocycles. The molecule has 176 valence electrons. The van der Waals surface area contributed by atoms with E-state index in [1.54, 1.807) is 0 Å². The van der Waals surface area contributed by atoms with E-state index in [0.717, 1.165) is 70.1 Å². The maximum absolute atomic E-state index is 13.2. The predicted molar refractivity (Wildman–Crippen MR) is 132 cm³/mol. The number of carbonyl (C=O) groups is 1. The Bertz CT molecular complexity index is 994. The molecule has 5 atom stereocenters. The number of fused-ring (bicyclic) bond motifs is 5. The highest BCUT2D eigenvalue weighted by molar-refractivity contribution is 5.87. The highest BCUT2D eigenvalue weighted by Crippen LogP contribution is 2.62. The van der Waals surface area contributed by atoms with E-state index >= 15 is 0 Å². The van der Waals surface area contributed by atoms with Crippen molar-refractivity contribution in [3.05, 3.63) is 59.2 Å². The van der Waals surface area contributed by atoms with Crippen LogP contribution in [0.1, 0.15) is 81.4 Å². The second kappa shape index (κ2) is 9.16. The highest BCUT2D eigenvalue weighted by Gasteiger charge is 2.58. The zero-order valence-electron chi connectivity index (χ0n) is 20.2. The third-order valence-electron chi connectivity index (χ3n) is 9.05. The normalized spacial score (nSPS) is 30.4. The van der Waals surface area contributed by atoms with Gasteiger partial charge in [-0.2, -0.15) is 0 Å². The number of unbranched alkanes of at least 4 members (excludes halogenated alkanes) is 1. The van der Waals surface area contributed by atoms with Crippen LogP contribution in [0.4, 0.5) is 0 Å². The number of phenols is 1. The number of rotatable bonds is 7. The molecule has 0 heterocycles. The molecule has 0 radical (unpaired) electrons. The van der Waals surface area contributed by atoms with Gasteiger partial charge in [-0.25, -0.2) is 0 Å². The van der Waals surface area contributed by atoms with Crippen molar-refractivity contribution in [2.75, 3.05) is 6.61 Å². The molecule has 33 heavy (non-hydrogen) atoms. The molecule has 3 aliphatic rings. The van der Waals surface area contributed by atoms with Gasteiger partial charge in [0.15, 0.2) is 0 Å². The van der Waals surface area contributed by atoms with Crippen molar-refractivity contribution in [3.8, 4) is 11.5 Å². The molecule has 2 fully saturated rings. The number of phenolic OH excluding ortho intramolecular Hbond substituents is 1. The van der Waals surface area contributed by atoms with Gasteiger partial charge in [0.05, 0.1) is 6.61 Å². The Hall–Kier alpha value is -2.29. The third kappa shape index (κ3) is 4.20. The summed E-state index contributed by atoms with van der Waals surface area (Å²) in [7, 11) is 0. The molecule has 2 aromatic carbocycles. The lowest BCUT2D eigenvalue weighted by molar-refractivity contribution is -0.129. The van der Waals surface area contributed by atoms with Crippen LogP contribution < -0.4 is 4.74 Å². The Morgan fingerprint density at radius 2 is 1.94 bits per heavy atom. The molecule has 2 saturated carbocycles. The number of hydrogen-bond acceptors (Lipinski definition) is 3. The van der Waals surface area contributed by atoms with Crippen LogP contribution in [0.3, 0.4) is 0 Å². The van der Waals surface area contributed by atoms with E-state index in [9.17, 15) is 9.90 Å². The van der Waals surface area contributed by atoms with E-state index in [1.807, 2.05) is 12.1 Å². The van der Waals surface area contributed by atoms with Gasteiger partial charge < -0.3 is 9.84 Å². The Balaban J connectivity index is 1.30. The maximum atomic E-state index is 13.2. The minimum Gasteiger partial charge on any atom is -0.508 e. The summed E-state index contributed by atoms with van der Waals surface area (Å²) in [4.78, 5) is 13.2. The fraction of sp³-hybridized carbons (Fsp3) is 0.567. The largest absolute Gasteiger partial charge is 0.508 e. The van der Waals surface area contributed by atoms with Crippen LogP contribution >= 0.6 is 0 Å². The van der Waals surface area contributed by atoms with Gasteiger partial charge >= 0.3 is 0 Å². The fourth-order valence-corrected chi connectivity index (χ4v) is 7.33. The molecule has 3 aliphatic carbocycles. The number of aryl methyl sites for hydroxylation is 2. The molecule has 0 amide bonds. The van der Waals surface area contributed by atoms with Gasteiger partial charge in [0.2, 0.25) is 0 Å². The molecule has 3 heteroatoms. The lowest BCUT2D eigenvalue weighted by Gasteiger charge is -2.50. The average Bonchev–Trinajstić information content (AvgIpc) is 3.08. The van der Waals surface area contributed by atoms with Gasteiger partial charge in [0, 0.05) is 11.8 Å². The number of Topliss-reactive ketones (excluding diaryl/α,β-unsaturated/α-hetero) is 1. The van der Waals surface area contributed by atoms with Crippen LogP contribution in [-0.4, -0.2) is 17.5 Å². The summed E-state index contributed by atoms with van der Waals surface area (Å²) in [6.07, 6.45) is 9.40. The Kier molecular flexibility index (Phi) is 6.24. The van der Waals surface area contributed by atoms with E-state index in [4.69, 9.17) is 4.74 Å². The number of hydrogen-bond donors (Lipinski definition) is 1. The average molecular weight is 447 g/mol. The SMILES string of the molecule is CCCCOc1ccc(CC[C@@H]2CC(=O)[C@@]3(C)CC[C@@H]4c5ccc(O)cc5CC[C@H]4[C@H]23)cc1. The van der Waals surface area contributed by atoms with E-state index in [-0.39, 0.29) is 5.41 Å². The summed E-state index contributed by atoms with van der Waals surface area (Å²) in [5.41, 5.74) is 3.96. The summed E-state index contributed by atoms with van der Waals surface area (Å²) in [5, 5.41) is 9.95. The van der Waals surface area contributed by atoms with Gasteiger partial charge in [-0.05, 0) is 110 Å². The summed E-state index contributed by atoms with van der Waals surface area (Å²) in [5.74, 6) is 3.94. The molecular weight excluding hydrogens is 408 g/mol. The number of ketones is 1. The maximum Gasteiger partial charge on any atom is 0.139 e. The van der Waals surface area contributed by atoms with Crippen molar-refractivity contribution in [1.29, 1.82) is 0 Å². The predicted octanol–water partition coefficient (Wildman–Crippen LogP) is 6.86. The molecule has 0 spiro atoms. The van der Waals surface area contributed by atoms with Crippen LogP contribution in [0, 0.1) is 23.2 Å². The van der Waals surface area contributed by atoms with Crippen molar-refractivity contribution >= 4 is 5.78 Å². The van der Waals surface area contributed by atoms with Gasteiger partial charge in [-0.1, -0.05) is 38.5 Å². The second-order valence-electron chi connectivity index (χ2n) is 10.9. The Morgan fingerprint density at radius 3 is 2.73 bits per heavy atom. The Morgan fingerprint density at radius 1 is 1.12 bits per heavy atom. The molecule has 0 saturated heterocycles. The zero-order valence-corrected chi connectivity index (χ0v) is 20.2. The molecule has 0 unspecified atom stereocenters. The second-order valence-corrected chi connectivity index (χ2v) is 10.9. The first-order chi connectivity index (χ1) is 16.0. The summed E-state index contributed by atoms with van der Waals surface area (Å²) >= 11 is 0. The van der Waals surface area contributed by atoms with Crippen LogP contribution in [-0.2, 0) is 17.6 Å². The summed E-state index contributed by atoms with van der Waals surface area (Å²) in [6.45, 7) is 5.23. The van der Waals surface area contributed by atoms with Crippen molar-refractivity contribution in [1.82, 2.24) is 0 Å². The quantitative estimate of drug-likeness (QED) is 0.473. The van der Waals surface area contributed by atoms with Crippen molar-refractivity contribution in [3.63, 3.8) is 0 Å². The summed E-state index contributed by atoms with van der Waals surface area (Å²) in [6, 6.07) is 14.6. The lowest BCUT2D eigenvalue weighted by atomic mass is 9.54.